The molecule has 1 aromatic heterocycles. The predicted octanol–water partition coefficient (Wildman–Crippen LogP) is 2.03. The minimum atomic E-state index is -0.0704. The van der Waals surface area contributed by atoms with E-state index in [0.717, 1.165) is 32.1 Å². The summed E-state index contributed by atoms with van der Waals surface area (Å²) in [6.45, 7) is 8.41. The molecule has 1 aliphatic heterocycles. The molecular formula is C20H27N5O3. The molecule has 1 amide bonds. The van der Waals surface area contributed by atoms with Crippen molar-refractivity contribution in [1.29, 1.82) is 0 Å². The van der Waals surface area contributed by atoms with Gasteiger partial charge < -0.3 is 19.7 Å². The normalized spacial score (nSPS) is 14.6. The highest BCUT2D eigenvalue weighted by Crippen LogP contribution is 2.29. The van der Waals surface area contributed by atoms with Crippen LogP contribution in [0.2, 0.25) is 0 Å². The van der Waals surface area contributed by atoms with Gasteiger partial charge in [0.1, 0.15) is 11.5 Å². The van der Waals surface area contributed by atoms with Gasteiger partial charge >= 0.3 is 0 Å². The van der Waals surface area contributed by atoms with Gasteiger partial charge in [0.2, 0.25) is 11.9 Å². The Labute approximate surface area is 165 Å². The van der Waals surface area contributed by atoms with Crippen molar-refractivity contribution in [2.45, 2.75) is 13.8 Å². The number of piperazine rings is 1. The number of carbonyl (C=O) groups is 1. The van der Waals surface area contributed by atoms with Crippen molar-refractivity contribution >= 4 is 17.5 Å². The maximum atomic E-state index is 12.6. The van der Waals surface area contributed by atoms with Crippen LogP contribution in [0, 0.1) is 0 Å². The molecule has 8 nitrogen and oxygen atoms in total. The van der Waals surface area contributed by atoms with Gasteiger partial charge in [-0.05, 0) is 32.0 Å². The van der Waals surface area contributed by atoms with E-state index in [2.05, 4.69) is 25.1 Å². The Bertz CT molecular complexity index is 764. The van der Waals surface area contributed by atoms with Gasteiger partial charge in [0.25, 0.3) is 0 Å². The van der Waals surface area contributed by atoms with Gasteiger partial charge in [0.15, 0.2) is 0 Å². The summed E-state index contributed by atoms with van der Waals surface area (Å²) in [6.07, 6.45) is 3.49. The van der Waals surface area contributed by atoms with Crippen molar-refractivity contribution < 1.29 is 14.3 Å². The predicted molar refractivity (Wildman–Crippen MR) is 108 cm³/mol. The van der Waals surface area contributed by atoms with Gasteiger partial charge in [-0.3, -0.25) is 9.69 Å². The summed E-state index contributed by atoms with van der Waals surface area (Å²) in [7, 11) is 0. The molecule has 0 unspecified atom stereocenters. The minimum absolute atomic E-state index is 0.0704. The molecule has 8 heteroatoms. The molecule has 1 aliphatic rings. The summed E-state index contributed by atoms with van der Waals surface area (Å²) >= 11 is 0. The maximum absolute atomic E-state index is 12.6. The van der Waals surface area contributed by atoms with Crippen LogP contribution in [-0.4, -0.2) is 66.7 Å². The second kappa shape index (κ2) is 9.89. The van der Waals surface area contributed by atoms with Crippen molar-refractivity contribution in [3.8, 4) is 11.5 Å². The van der Waals surface area contributed by atoms with Crippen LogP contribution in [-0.2, 0) is 4.79 Å². The Balaban J connectivity index is 1.55. The van der Waals surface area contributed by atoms with E-state index in [0.29, 0.717) is 36.9 Å². The fourth-order valence-corrected chi connectivity index (χ4v) is 3.10. The molecule has 3 rings (SSSR count). The molecule has 0 spiro atoms. The molecule has 2 aromatic rings. The van der Waals surface area contributed by atoms with Crippen LogP contribution >= 0.6 is 0 Å². The number of amides is 1. The average Bonchev–Trinajstić information content (AvgIpc) is 2.71. The molecular weight excluding hydrogens is 358 g/mol. The van der Waals surface area contributed by atoms with Crippen LogP contribution in [0.25, 0.3) is 0 Å². The first kappa shape index (κ1) is 19.9. The number of anilines is 2. The first-order valence-electron chi connectivity index (χ1n) is 9.63. The van der Waals surface area contributed by atoms with E-state index in [4.69, 9.17) is 9.47 Å². The van der Waals surface area contributed by atoms with Crippen LogP contribution in [0.5, 0.6) is 11.5 Å². The molecule has 0 bridgehead atoms. The quantitative estimate of drug-likeness (QED) is 0.745. The Morgan fingerprint density at radius 3 is 2.46 bits per heavy atom. The van der Waals surface area contributed by atoms with Crippen molar-refractivity contribution in [3.05, 3.63) is 36.7 Å². The third-order valence-electron chi connectivity index (χ3n) is 4.41. The van der Waals surface area contributed by atoms with Gasteiger partial charge in [-0.2, -0.15) is 0 Å². The Hall–Kier alpha value is -2.87. The smallest absolute Gasteiger partial charge is 0.238 e. The fraction of sp³-hybridized carbons (Fsp3) is 0.450. The van der Waals surface area contributed by atoms with E-state index in [-0.39, 0.29) is 5.91 Å². The number of ether oxygens (including phenoxy) is 2. The van der Waals surface area contributed by atoms with Crippen LogP contribution in [0.4, 0.5) is 11.6 Å². The van der Waals surface area contributed by atoms with Gasteiger partial charge in [-0.1, -0.05) is 0 Å². The van der Waals surface area contributed by atoms with Gasteiger partial charge in [-0.25, -0.2) is 9.97 Å². The second-order valence-electron chi connectivity index (χ2n) is 6.38. The molecule has 0 radical (unpaired) electrons. The summed E-state index contributed by atoms with van der Waals surface area (Å²) in [5, 5.41) is 2.96. The maximum Gasteiger partial charge on any atom is 0.238 e. The number of carbonyl (C=O) groups excluding carboxylic acids is 1. The highest BCUT2D eigenvalue weighted by molar-refractivity contribution is 5.94. The van der Waals surface area contributed by atoms with Crippen molar-refractivity contribution in [1.82, 2.24) is 14.9 Å². The highest BCUT2D eigenvalue weighted by atomic mass is 16.5. The molecule has 1 saturated heterocycles. The van der Waals surface area contributed by atoms with Crippen LogP contribution in [0.3, 0.4) is 0 Å². The van der Waals surface area contributed by atoms with Gasteiger partial charge in [0.05, 0.1) is 25.4 Å². The highest BCUT2D eigenvalue weighted by Gasteiger charge is 2.21. The van der Waals surface area contributed by atoms with Gasteiger partial charge in [-0.15, -0.1) is 0 Å². The summed E-state index contributed by atoms with van der Waals surface area (Å²) in [5.74, 6) is 2.02. The Morgan fingerprint density at radius 1 is 1.07 bits per heavy atom. The molecule has 28 heavy (non-hydrogen) atoms. The summed E-state index contributed by atoms with van der Waals surface area (Å²) in [6, 6.07) is 7.27. The zero-order valence-corrected chi connectivity index (χ0v) is 16.4. The summed E-state index contributed by atoms with van der Waals surface area (Å²) in [4.78, 5) is 25.4. The fourth-order valence-electron chi connectivity index (χ4n) is 3.10. The monoisotopic (exact) mass is 385 g/mol. The lowest BCUT2D eigenvalue weighted by Crippen LogP contribution is -2.49. The van der Waals surface area contributed by atoms with Gasteiger partial charge in [0, 0.05) is 44.6 Å². The largest absolute Gasteiger partial charge is 0.494 e. The zero-order valence-electron chi connectivity index (χ0n) is 16.4. The van der Waals surface area contributed by atoms with Crippen molar-refractivity contribution in [3.63, 3.8) is 0 Å². The second-order valence-corrected chi connectivity index (χ2v) is 6.38. The minimum Gasteiger partial charge on any atom is -0.494 e. The lowest BCUT2D eigenvalue weighted by molar-refractivity contribution is -0.117. The van der Waals surface area contributed by atoms with E-state index in [1.54, 1.807) is 24.5 Å². The number of hydrogen-bond acceptors (Lipinski definition) is 7. The van der Waals surface area contributed by atoms with Crippen LogP contribution in [0.1, 0.15) is 13.8 Å². The number of nitrogens with one attached hydrogen (secondary N) is 1. The molecule has 150 valence electrons. The Kier molecular flexibility index (Phi) is 7.02. The first-order chi connectivity index (χ1) is 13.7. The molecule has 2 heterocycles. The van der Waals surface area contributed by atoms with E-state index in [9.17, 15) is 4.79 Å². The van der Waals surface area contributed by atoms with E-state index in [1.165, 1.54) is 0 Å². The zero-order chi connectivity index (χ0) is 19.8. The molecule has 0 aliphatic carbocycles. The van der Waals surface area contributed by atoms with Crippen LogP contribution in [0.15, 0.2) is 36.7 Å². The third-order valence-corrected chi connectivity index (χ3v) is 4.41. The average molecular weight is 385 g/mol. The summed E-state index contributed by atoms with van der Waals surface area (Å²) in [5.41, 5.74) is 0.633. The standard InChI is InChI=1S/C20H27N5O3/c1-3-27-16-6-7-18(28-4-2)17(14-16)23-19(26)15-24-10-12-25(13-11-24)20-21-8-5-9-22-20/h5-9,14H,3-4,10-13,15H2,1-2H3,(H,23,26). The third kappa shape index (κ3) is 5.32. The summed E-state index contributed by atoms with van der Waals surface area (Å²) < 4.78 is 11.2. The number of benzene rings is 1. The van der Waals surface area contributed by atoms with Crippen molar-refractivity contribution in [2.24, 2.45) is 0 Å². The molecule has 1 N–H and O–H groups in total. The molecule has 1 aromatic carbocycles. The Morgan fingerprint density at radius 2 is 1.79 bits per heavy atom. The topological polar surface area (TPSA) is 79.8 Å². The van der Waals surface area contributed by atoms with E-state index in [1.807, 2.05) is 26.0 Å². The van der Waals surface area contributed by atoms with Crippen LogP contribution < -0.4 is 19.7 Å². The SMILES string of the molecule is CCOc1ccc(OCC)c(NC(=O)CN2CCN(c3ncccn3)CC2)c1. The van der Waals surface area contributed by atoms with Crippen molar-refractivity contribution in [2.75, 3.05) is 56.2 Å². The lowest BCUT2D eigenvalue weighted by Gasteiger charge is -2.34. The number of nitrogens with zero attached hydrogens (tertiary/aromatic N) is 4. The molecule has 1 fully saturated rings. The number of aromatic nitrogens is 2. The number of rotatable bonds is 8. The number of hydrogen-bond donors (Lipinski definition) is 1. The molecule has 0 atom stereocenters. The molecule has 0 saturated carbocycles. The first-order valence-corrected chi connectivity index (χ1v) is 9.63. The van der Waals surface area contributed by atoms with E-state index >= 15 is 0 Å². The van der Waals surface area contributed by atoms with E-state index < -0.39 is 0 Å². The lowest BCUT2D eigenvalue weighted by atomic mass is 10.2.